The predicted octanol–water partition coefficient (Wildman–Crippen LogP) is 4.98. The third kappa shape index (κ3) is 3.69. The Kier molecular flexibility index (Phi) is 5.61. The molecule has 9 nitrogen and oxygen atoms in total. The Bertz CT molecular complexity index is 1790. The lowest BCUT2D eigenvalue weighted by Gasteiger charge is -2.23. The number of aromatic hydroxyl groups is 1. The van der Waals surface area contributed by atoms with E-state index in [1.165, 1.54) is 28.4 Å². The van der Waals surface area contributed by atoms with Crippen LogP contribution in [0.5, 0.6) is 11.5 Å². The third-order valence-corrected chi connectivity index (χ3v) is 7.44. The van der Waals surface area contributed by atoms with Gasteiger partial charge < -0.3 is 14.9 Å². The Morgan fingerprint density at radius 2 is 1.92 bits per heavy atom. The summed E-state index contributed by atoms with van der Waals surface area (Å²) in [5.41, 5.74) is 2.39. The minimum Gasteiger partial charge on any atom is -0.508 e. The van der Waals surface area contributed by atoms with Crippen LogP contribution in [-0.4, -0.2) is 42.9 Å². The number of rotatable bonds is 5. The molecule has 2 aromatic carbocycles. The number of carbonyl (C=O) groups excluding carboxylic acids is 2. The van der Waals surface area contributed by atoms with Gasteiger partial charge in [0.05, 0.1) is 34.1 Å². The maximum absolute atomic E-state index is 13.6. The van der Waals surface area contributed by atoms with Crippen molar-refractivity contribution < 1.29 is 24.5 Å². The van der Waals surface area contributed by atoms with Crippen LogP contribution in [0.2, 0.25) is 0 Å². The summed E-state index contributed by atoms with van der Waals surface area (Å²) in [6.45, 7) is 4.12. The molecule has 0 spiro atoms. The molecular formula is C28H22N4O5S. The van der Waals surface area contributed by atoms with E-state index < -0.39 is 17.7 Å². The Labute approximate surface area is 220 Å². The zero-order valence-corrected chi connectivity index (χ0v) is 21.3. The number of ether oxygens (including phenoxy) is 1. The van der Waals surface area contributed by atoms with Gasteiger partial charge in [0.1, 0.15) is 22.8 Å². The van der Waals surface area contributed by atoms with Gasteiger partial charge in [-0.25, -0.2) is 9.97 Å². The first-order valence-corrected chi connectivity index (χ1v) is 12.8. The van der Waals surface area contributed by atoms with E-state index in [1.54, 1.807) is 53.9 Å². The lowest BCUT2D eigenvalue weighted by molar-refractivity contribution is -0.132. The lowest BCUT2D eigenvalue weighted by atomic mass is 9.96. The summed E-state index contributed by atoms with van der Waals surface area (Å²) in [6.07, 6.45) is 1.73. The fourth-order valence-electron chi connectivity index (χ4n) is 4.82. The SMILES string of the molecule is CCOc1ccc2nc(N3C(=O)C(=O)C(=C(O)c4c(C)nc5ccccn45)C3c3cccc(O)c3)sc2c1. The Morgan fingerprint density at radius 1 is 1.08 bits per heavy atom. The van der Waals surface area contributed by atoms with Crippen LogP contribution in [0.4, 0.5) is 5.13 Å². The average molecular weight is 527 g/mol. The van der Waals surface area contributed by atoms with Crippen molar-refractivity contribution in [1.82, 2.24) is 14.4 Å². The predicted molar refractivity (Wildman–Crippen MR) is 144 cm³/mol. The fraction of sp³-hybridized carbons (Fsp3) is 0.143. The van der Waals surface area contributed by atoms with E-state index in [2.05, 4.69) is 9.97 Å². The van der Waals surface area contributed by atoms with Crippen molar-refractivity contribution >= 4 is 49.8 Å². The number of Topliss-reactive ketones (excluding diaryl/α,β-unsaturated/α-hetero) is 1. The first-order chi connectivity index (χ1) is 18.4. The highest BCUT2D eigenvalue weighted by Crippen LogP contribution is 2.45. The van der Waals surface area contributed by atoms with Crippen LogP contribution in [0.15, 0.2) is 72.4 Å². The summed E-state index contributed by atoms with van der Waals surface area (Å²) in [5, 5.41) is 22.1. The van der Waals surface area contributed by atoms with Crippen molar-refractivity contribution in [2.75, 3.05) is 11.5 Å². The molecule has 5 aromatic rings. The second-order valence-electron chi connectivity index (χ2n) is 8.80. The van der Waals surface area contributed by atoms with Crippen LogP contribution in [0.25, 0.3) is 21.6 Å². The van der Waals surface area contributed by atoms with E-state index in [0.717, 1.165) is 4.70 Å². The fourth-order valence-corrected chi connectivity index (χ4v) is 5.84. The number of phenols is 1. The normalized spacial score (nSPS) is 17.1. The van der Waals surface area contributed by atoms with E-state index in [-0.39, 0.29) is 22.2 Å². The average Bonchev–Trinajstić information content (AvgIpc) is 3.54. The molecule has 1 unspecified atom stereocenters. The zero-order valence-electron chi connectivity index (χ0n) is 20.5. The zero-order chi connectivity index (χ0) is 26.6. The molecule has 1 fully saturated rings. The molecule has 0 bridgehead atoms. The molecule has 4 heterocycles. The lowest BCUT2D eigenvalue weighted by Crippen LogP contribution is -2.29. The number of phenolic OH excluding ortho intramolecular Hbond substituents is 1. The topological polar surface area (TPSA) is 117 Å². The summed E-state index contributed by atoms with van der Waals surface area (Å²) >= 11 is 1.24. The molecule has 3 aromatic heterocycles. The van der Waals surface area contributed by atoms with Crippen LogP contribution in [0, 0.1) is 6.92 Å². The molecule has 1 amide bonds. The Hall–Kier alpha value is -4.70. The molecule has 10 heteroatoms. The highest BCUT2D eigenvalue weighted by molar-refractivity contribution is 7.22. The second kappa shape index (κ2) is 9.00. The standard InChI is InChI=1S/C28H22N4O5S/c1-3-37-18-10-11-19-20(14-18)38-28(30-19)32-24(16-7-6-8-17(33)13-16)22(26(35)27(32)36)25(34)23-15(2)29-21-9-4-5-12-31(21)23/h4-14,24,33-34H,3H2,1-2H3. The maximum atomic E-state index is 13.6. The largest absolute Gasteiger partial charge is 0.508 e. The summed E-state index contributed by atoms with van der Waals surface area (Å²) in [5.74, 6) is -1.39. The number of aliphatic hydroxyl groups excluding tert-OH is 1. The quantitative estimate of drug-likeness (QED) is 0.188. The van der Waals surface area contributed by atoms with Crippen LogP contribution >= 0.6 is 11.3 Å². The number of anilines is 1. The van der Waals surface area contributed by atoms with Gasteiger partial charge in [0.15, 0.2) is 10.9 Å². The van der Waals surface area contributed by atoms with Gasteiger partial charge in [-0.1, -0.05) is 29.5 Å². The molecule has 1 aliphatic heterocycles. The number of nitrogens with zero attached hydrogens (tertiary/aromatic N) is 4. The van der Waals surface area contributed by atoms with E-state index in [0.29, 0.717) is 40.5 Å². The van der Waals surface area contributed by atoms with Gasteiger partial charge in [-0.2, -0.15) is 0 Å². The van der Waals surface area contributed by atoms with Crippen molar-refractivity contribution in [2.24, 2.45) is 0 Å². The number of aliphatic hydroxyl groups is 1. The molecule has 0 radical (unpaired) electrons. The van der Waals surface area contributed by atoms with E-state index >= 15 is 0 Å². The number of thiazole rings is 1. The molecule has 0 saturated carbocycles. The van der Waals surface area contributed by atoms with E-state index in [1.807, 2.05) is 19.1 Å². The summed E-state index contributed by atoms with van der Waals surface area (Å²) in [4.78, 5) is 37.5. The minimum atomic E-state index is -1.03. The number of aromatic nitrogens is 3. The van der Waals surface area contributed by atoms with Gasteiger partial charge in [0.2, 0.25) is 0 Å². The second-order valence-corrected chi connectivity index (χ2v) is 9.81. The highest BCUT2D eigenvalue weighted by atomic mass is 32.1. The van der Waals surface area contributed by atoms with E-state index in [9.17, 15) is 19.8 Å². The third-order valence-electron chi connectivity index (χ3n) is 6.42. The molecule has 190 valence electrons. The molecular weight excluding hydrogens is 504 g/mol. The van der Waals surface area contributed by atoms with E-state index in [4.69, 9.17) is 4.74 Å². The summed E-state index contributed by atoms with van der Waals surface area (Å²) in [6, 6.07) is 16.1. The molecule has 0 aliphatic carbocycles. The molecule has 2 N–H and O–H groups in total. The minimum absolute atomic E-state index is 0.0373. The Balaban J connectivity index is 1.58. The number of hydrogen-bond donors (Lipinski definition) is 2. The Morgan fingerprint density at radius 3 is 2.71 bits per heavy atom. The first kappa shape index (κ1) is 23.7. The molecule has 1 atom stereocenters. The monoisotopic (exact) mass is 526 g/mol. The van der Waals surface area contributed by atoms with Crippen molar-refractivity contribution in [1.29, 1.82) is 0 Å². The number of fused-ring (bicyclic) bond motifs is 2. The van der Waals surface area contributed by atoms with Gasteiger partial charge in [-0.05, 0) is 61.9 Å². The number of hydrogen-bond acceptors (Lipinski definition) is 8. The van der Waals surface area contributed by atoms with Crippen molar-refractivity contribution in [2.45, 2.75) is 19.9 Å². The summed E-state index contributed by atoms with van der Waals surface area (Å²) in [7, 11) is 0. The molecule has 1 saturated heterocycles. The van der Waals surface area contributed by atoms with Gasteiger partial charge >= 0.3 is 5.91 Å². The number of benzene rings is 2. The number of imidazole rings is 1. The van der Waals surface area contributed by atoms with Crippen LogP contribution in [-0.2, 0) is 9.59 Å². The van der Waals surface area contributed by atoms with Gasteiger partial charge in [0, 0.05) is 6.20 Å². The number of pyridine rings is 1. The molecule has 6 rings (SSSR count). The van der Waals surface area contributed by atoms with Crippen molar-refractivity contribution in [3.05, 3.63) is 89.4 Å². The smallest absolute Gasteiger partial charge is 0.301 e. The highest BCUT2D eigenvalue weighted by Gasteiger charge is 2.48. The number of amides is 1. The number of carbonyl (C=O) groups is 2. The van der Waals surface area contributed by atoms with Gasteiger partial charge in [-0.15, -0.1) is 0 Å². The van der Waals surface area contributed by atoms with Crippen LogP contribution < -0.4 is 9.64 Å². The van der Waals surface area contributed by atoms with Crippen molar-refractivity contribution in [3.8, 4) is 11.5 Å². The number of aryl methyl sites for hydroxylation is 1. The van der Waals surface area contributed by atoms with Gasteiger partial charge in [0.25, 0.3) is 5.78 Å². The summed E-state index contributed by atoms with van der Waals surface area (Å²) < 4.78 is 8.04. The molecule has 1 aliphatic rings. The van der Waals surface area contributed by atoms with Crippen LogP contribution in [0.1, 0.15) is 29.9 Å². The molecule has 38 heavy (non-hydrogen) atoms. The van der Waals surface area contributed by atoms with Gasteiger partial charge in [-0.3, -0.25) is 18.9 Å². The van der Waals surface area contributed by atoms with Crippen molar-refractivity contribution in [3.63, 3.8) is 0 Å². The number of ketones is 1. The maximum Gasteiger partial charge on any atom is 0.301 e. The first-order valence-electron chi connectivity index (χ1n) is 11.9. The van der Waals surface area contributed by atoms with Crippen LogP contribution in [0.3, 0.4) is 0 Å².